The second-order valence-corrected chi connectivity index (χ2v) is 5.61. The minimum absolute atomic E-state index is 0.0457. The molecule has 1 aromatic heterocycles. The second kappa shape index (κ2) is 6.08. The Hall–Kier alpha value is -3.27. The van der Waals surface area contributed by atoms with Crippen LogP contribution in [0.15, 0.2) is 46.8 Å². The number of nitriles is 1. The lowest BCUT2D eigenvalue weighted by molar-refractivity contribution is 0.242. The number of nitrogens with one attached hydrogen (secondary N) is 1. The fourth-order valence-electron chi connectivity index (χ4n) is 2.64. The molecule has 3 rings (SSSR count). The van der Waals surface area contributed by atoms with Crippen LogP contribution in [0.5, 0.6) is 11.6 Å². The molecule has 0 bridgehead atoms. The quantitative estimate of drug-likeness (QED) is 0.889. The number of aromatic nitrogens is 2. The van der Waals surface area contributed by atoms with Gasteiger partial charge in [0.25, 0.3) is 5.56 Å². The Morgan fingerprint density at radius 3 is 2.71 bits per heavy atom. The summed E-state index contributed by atoms with van der Waals surface area (Å²) >= 11 is 0. The zero-order valence-electron chi connectivity index (χ0n) is 13.2. The molecule has 7 nitrogen and oxygen atoms in total. The summed E-state index contributed by atoms with van der Waals surface area (Å²) in [5, 5.41) is 9.46. The van der Waals surface area contributed by atoms with Crippen LogP contribution in [0.4, 0.5) is 0 Å². The first kappa shape index (κ1) is 15.6. The third kappa shape index (κ3) is 2.70. The van der Waals surface area contributed by atoms with Crippen molar-refractivity contribution in [2.24, 2.45) is 5.73 Å². The fourth-order valence-corrected chi connectivity index (χ4v) is 2.64. The number of hydrogen-bond acceptors (Lipinski definition) is 6. The smallest absolute Gasteiger partial charge is 0.258 e. The van der Waals surface area contributed by atoms with Crippen LogP contribution in [0.3, 0.4) is 0 Å². The summed E-state index contributed by atoms with van der Waals surface area (Å²) in [6, 6.07) is 9.22. The predicted octanol–water partition coefficient (Wildman–Crippen LogP) is 1.78. The van der Waals surface area contributed by atoms with E-state index in [9.17, 15) is 10.1 Å². The summed E-state index contributed by atoms with van der Waals surface area (Å²) in [6.45, 7) is 3.87. The average molecular weight is 324 g/mol. The molecule has 0 aliphatic carbocycles. The molecule has 0 fully saturated rings. The number of nitrogens with zero attached hydrogens (tertiary/aromatic N) is 2. The Morgan fingerprint density at radius 2 is 2.08 bits per heavy atom. The summed E-state index contributed by atoms with van der Waals surface area (Å²) in [5.41, 5.74) is 6.64. The Bertz CT molecular complexity index is 891. The Morgan fingerprint density at radius 1 is 1.38 bits per heavy atom. The summed E-state index contributed by atoms with van der Waals surface area (Å²) in [4.78, 5) is 18.8. The van der Waals surface area contributed by atoms with Crippen molar-refractivity contribution in [3.8, 4) is 17.7 Å². The standard InChI is InChI=1S/C17H16N4O3/c1-9(2)23-11-5-3-10(4-6-11)13-12(7-18)15(19)24-17-14(13)16(22)20-8-21-17/h3-6,8-9,13H,19H2,1-2H3,(H,20,21,22). The molecule has 1 aliphatic rings. The van der Waals surface area contributed by atoms with E-state index in [1.54, 1.807) is 24.3 Å². The first-order valence-electron chi connectivity index (χ1n) is 7.43. The molecule has 3 N–H and O–H groups in total. The van der Waals surface area contributed by atoms with Gasteiger partial charge in [0.05, 0.1) is 23.9 Å². The van der Waals surface area contributed by atoms with E-state index in [2.05, 4.69) is 9.97 Å². The maximum Gasteiger partial charge on any atom is 0.258 e. The van der Waals surface area contributed by atoms with Gasteiger partial charge in [0.15, 0.2) is 0 Å². The molecule has 1 unspecified atom stereocenters. The molecule has 0 radical (unpaired) electrons. The molecule has 2 aromatic rings. The van der Waals surface area contributed by atoms with E-state index in [0.29, 0.717) is 5.75 Å². The van der Waals surface area contributed by atoms with Crippen molar-refractivity contribution >= 4 is 0 Å². The van der Waals surface area contributed by atoms with Crippen LogP contribution in [-0.4, -0.2) is 16.1 Å². The molecule has 122 valence electrons. The number of rotatable bonds is 3. The Balaban J connectivity index is 2.12. The van der Waals surface area contributed by atoms with Crippen LogP contribution in [-0.2, 0) is 0 Å². The minimum atomic E-state index is -0.635. The molecule has 2 heterocycles. The van der Waals surface area contributed by atoms with E-state index >= 15 is 0 Å². The molecule has 7 heteroatoms. The minimum Gasteiger partial charge on any atom is -0.491 e. The van der Waals surface area contributed by atoms with E-state index in [0.717, 1.165) is 5.56 Å². The highest BCUT2D eigenvalue weighted by molar-refractivity contribution is 5.53. The van der Waals surface area contributed by atoms with Gasteiger partial charge in [0.2, 0.25) is 11.8 Å². The lowest BCUT2D eigenvalue weighted by atomic mass is 9.85. The first-order chi connectivity index (χ1) is 11.5. The molecule has 0 spiro atoms. The van der Waals surface area contributed by atoms with E-state index in [-0.39, 0.29) is 34.6 Å². The fraction of sp³-hybridized carbons (Fsp3) is 0.235. The van der Waals surface area contributed by atoms with Gasteiger partial charge in [-0.05, 0) is 31.5 Å². The third-order valence-electron chi connectivity index (χ3n) is 3.61. The van der Waals surface area contributed by atoms with Gasteiger partial charge in [0, 0.05) is 0 Å². The Labute approximate surface area is 138 Å². The number of hydrogen-bond donors (Lipinski definition) is 2. The molecule has 1 atom stereocenters. The van der Waals surface area contributed by atoms with Crippen LogP contribution in [0.25, 0.3) is 0 Å². The number of benzene rings is 1. The number of fused-ring (bicyclic) bond motifs is 1. The van der Waals surface area contributed by atoms with Gasteiger partial charge in [-0.1, -0.05) is 12.1 Å². The SMILES string of the molecule is CC(C)Oc1ccc(C2C(C#N)=C(N)Oc3nc[nH]c(=O)c32)cc1. The van der Waals surface area contributed by atoms with Crippen LogP contribution >= 0.6 is 0 Å². The summed E-state index contributed by atoms with van der Waals surface area (Å²) in [7, 11) is 0. The summed E-state index contributed by atoms with van der Waals surface area (Å²) in [5.74, 6) is 0.138. The Kier molecular flexibility index (Phi) is 3.96. The van der Waals surface area contributed by atoms with E-state index < -0.39 is 5.92 Å². The predicted molar refractivity (Wildman–Crippen MR) is 86.4 cm³/mol. The van der Waals surface area contributed by atoms with Crippen molar-refractivity contribution in [2.75, 3.05) is 0 Å². The number of ether oxygens (including phenoxy) is 2. The van der Waals surface area contributed by atoms with Crippen molar-refractivity contribution in [2.45, 2.75) is 25.9 Å². The van der Waals surface area contributed by atoms with Crippen molar-refractivity contribution < 1.29 is 9.47 Å². The van der Waals surface area contributed by atoms with E-state index in [1.807, 2.05) is 19.9 Å². The molecule has 0 saturated heterocycles. The normalized spacial score (nSPS) is 16.3. The van der Waals surface area contributed by atoms with Gasteiger partial charge in [-0.2, -0.15) is 5.26 Å². The van der Waals surface area contributed by atoms with Crippen LogP contribution in [0, 0.1) is 11.3 Å². The average Bonchev–Trinajstić information content (AvgIpc) is 2.54. The van der Waals surface area contributed by atoms with Gasteiger partial charge in [-0.3, -0.25) is 4.79 Å². The van der Waals surface area contributed by atoms with Crippen molar-refractivity contribution in [3.05, 3.63) is 63.5 Å². The molecule has 1 aliphatic heterocycles. The summed E-state index contributed by atoms with van der Waals surface area (Å²) in [6.07, 6.45) is 1.29. The second-order valence-electron chi connectivity index (χ2n) is 5.61. The monoisotopic (exact) mass is 324 g/mol. The first-order valence-corrected chi connectivity index (χ1v) is 7.43. The van der Waals surface area contributed by atoms with E-state index in [4.69, 9.17) is 15.2 Å². The topological polar surface area (TPSA) is 114 Å². The highest BCUT2D eigenvalue weighted by Gasteiger charge is 2.33. The van der Waals surface area contributed by atoms with Gasteiger partial charge in [-0.15, -0.1) is 0 Å². The van der Waals surface area contributed by atoms with E-state index in [1.165, 1.54) is 6.33 Å². The van der Waals surface area contributed by atoms with Crippen LogP contribution < -0.4 is 20.8 Å². The van der Waals surface area contributed by atoms with Crippen molar-refractivity contribution in [1.82, 2.24) is 9.97 Å². The zero-order chi connectivity index (χ0) is 17.3. The highest BCUT2D eigenvalue weighted by atomic mass is 16.5. The lowest BCUT2D eigenvalue weighted by Crippen LogP contribution is -2.28. The van der Waals surface area contributed by atoms with Gasteiger partial charge < -0.3 is 20.2 Å². The number of aromatic amines is 1. The number of nitrogens with two attached hydrogens (primary N) is 1. The molecule has 24 heavy (non-hydrogen) atoms. The number of H-pyrrole nitrogens is 1. The number of allylic oxidation sites excluding steroid dienone is 1. The van der Waals surface area contributed by atoms with Crippen LogP contribution in [0.1, 0.15) is 30.9 Å². The largest absolute Gasteiger partial charge is 0.491 e. The zero-order valence-corrected chi connectivity index (χ0v) is 13.2. The molecular weight excluding hydrogens is 308 g/mol. The summed E-state index contributed by atoms with van der Waals surface area (Å²) < 4.78 is 10.9. The maximum absolute atomic E-state index is 12.3. The van der Waals surface area contributed by atoms with Gasteiger partial charge in [-0.25, -0.2) is 4.98 Å². The molecule has 1 aromatic carbocycles. The van der Waals surface area contributed by atoms with Crippen molar-refractivity contribution in [3.63, 3.8) is 0 Å². The lowest BCUT2D eigenvalue weighted by Gasteiger charge is -2.24. The van der Waals surface area contributed by atoms with Crippen LogP contribution in [0.2, 0.25) is 0 Å². The van der Waals surface area contributed by atoms with Gasteiger partial charge >= 0.3 is 0 Å². The molecular formula is C17H16N4O3. The molecule has 0 saturated carbocycles. The van der Waals surface area contributed by atoms with Gasteiger partial charge in [0.1, 0.15) is 17.4 Å². The maximum atomic E-state index is 12.3. The third-order valence-corrected chi connectivity index (χ3v) is 3.61. The highest BCUT2D eigenvalue weighted by Crippen LogP contribution is 2.39. The van der Waals surface area contributed by atoms with Crippen molar-refractivity contribution in [1.29, 1.82) is 5.26 Å². The molecule has 0 amide bonds.